The van der Waals surface area contributed by atoms with Crippen molar-refractivity contribution in [1.82, 2.24) is 4.90 Å². The summed E-state index contributed by atoms with van der Waals surface area (Å²) in [5, 5.41) is 10.7. The lowest BCUT2D eigenvalue weighted by Crippen LogP contribution is -2.18. The van der Waals surface area contributed by atoms with E-state index in [-0.39, 0.29) is 18.8 Å². The van der Waals surface area contributed by atoms with E-state index < -0.39 is 0 Å². The maximum absolute atomic E-state index is 10.7. The van der Waals surface area contributed by atoms with Crippen molar-refractivity contribution in [2.45, 2.75) is 44.6 Å². The summed E-state index contributed by atoms with van der Waals surface area (Å²) >= 11 is 0. The minimum Gasteiger partial charge on any atom is -0.492 e. The number of aliphatic hydroxyl groups is 1. The van der Waals surface area contributed by atoms with Crippen LogP contribution in [0.4, 0.5) is 0 Å². The van der Waals surface area contributed by atoms with Gasteiger partial charge in [0, 0.05) is 12.1 Å². The van der Waals surface area contributed by atoms with E-state index >= 15 is 0 Å². The van der Waals surface area contributed by atoms with E-state index in [4.69, 9.17) is 14.2 Å². The first-order valence-corrected chi connectivity index (χ1v) is 10.4. The van der Waals surface area contributed by atoms with Gasteiger partial charge in [-0.2, -0.15) is 0 Å². The van der Waals surface area contributed by atoms with Crippen LogP contribution in [0.3, 0.4) is 0 Å². The first kappa shape index (κ1) is 21.5. The zero-order valence-electron chi connectivity index (χ0n) is 18.0. The molecule has 2 aromatic rings. The number of rotatable bonds is 10. The molecule has 0 aliphatic carbocycles. The summed E-state index contributed by atoms with van der Waals surface area (Å²) in [5.41, 5.74) is 3.58. The number of benzene rings is 2. The fourth-order valence-electron chi connectivity index (χ4n) is 3.99. The predicted octanol–water partition coefficient (Wildman–Crippen LogP) is 4.02. The van der Waals surface area contributed by atoms with Gasteiger partial charge < -0.3 is 24.2 Å². The molecule has 1 aliphatic heterocycles. The Morgan fingerprint density at radius 2 is 1.90 bits per heavy atom. The van der Waals surface area contributed by atoms with Gasteiger partial charge in [0.05, 0.1) is 13.2 Å². The molecule has 0 aromatic heterocycles. The molecule has 158 valence electrons. The maximum atomic E-state index is 10.7. The molecule has 0 saturated heterocycles. The van der Waals surface area contributed by atoms with Crippen LogP contribution in [0.5, 0.6) is 17.2 Å². The van der Waals surface area contributed by atoms with Crippen molar-refractivity contribution >= 4 is 0 Å². The van der Waals surface area contributed by atoms with E-state index in [9.17, 15) is 5.11 Å². The van der Waals surface area contributed by atoms with Crippen LogP contribution in [-0.2, 0) is 12.8 Å². The number of nitrogens with zero attached hydrogens (tertiary/aromatic N) is 1. The highest BCUT2D eigenvalue weighted by atomic mass is 16.7. The fourth-order valence-corrected chi connectivity index (χ4v) is 3.99. The van der Waals surface area contributed by atoms with Crippen LogP contribution in [0.1, 0.15) is 42.4 Å². The summed E-state index contributed by atoms with van der Waals surface area (Å²) in [5.74, 6) is 2.32. The van der Waals surface area contributed by atoms with Crippen LogP contribution in [0.2, 0.25) is 0 Å². The van der Waals surface area contributed by atoms with Crippen molar-refractivity contribution in [3.05, 3.63) is 53.1 Å². The Balaban J connectivity index is 1.77. The lowest BCUT2D eigenvalue weighted by Gasteiger charge is -2.24. The number of methoxy groups -OCH3 is 1. The van der Waals surface area contributed by atoms with E-state index in [1.807, 2.05) is 18.2 Å². The topological polar surface area (TPSA) is 51.2 Å². The normalized spacial score (nSPS) is 14.8. The third-order valence-electron chi connectivity index (χ3n) is 5.50. The van der Waals surface area contributed by atoms with Crippen LogP contribution in [0, 0.1) is 0 Å². The van der Waals surface area contributed by atoms with E-state index in [1.165, 1.54) is 11.1 Å². The van der Waals surface area contributed by atoms with Crippen molar-refractivity contribution in [3.8, 4) is 17.2 Å². The molecular weight excluding hydrogens is 366 g/mol. The molecular formula is C24H33NO4. The monoisotopic (exact) mass is 399 g/mol. The van der Waals surface area contributed by atoms with Crippen molar-refractivity contribution in [1.29, 1.82) is 0 Å². The number of hydrogen-bond acceptors (Lipinski definition) is 5. The average Bonchev–Trinajstić information content (AvgIpc) is 3.18. The summed E-state index contributed by atoms with van der Waals surface area (Å²) in [7, 11) is 5.82. The molecule has 0 radical (unpaired) electrons. The summed E-state index contributed by atoms with van der Waals surface area (Å²) < 4.78 is 17.1. The molecule has 5 heteroatoms. The molecule has 5 nitrogen and oxygen atoms in total. The Hall–Kier alpha value is -2.24. The van der Waals surface area contributed by atoms with Crippen molar-refractivity contribution in [3.63, 3.8) is 0 Å². The van der Waals surface area contributed by atoms with Crippen LogP contribution in [-0.4, -0.2) is 50.7 Å². The van der Waals surface area contributed by atoms with Gasteiger partial charge in [-0.25, -0.2) is 0 Å². The average molecular weight is 400 g/mol. The number of aliphatic hydroxyl groups excluding tert-OH is 1. The smallest absolute Gasteiger partial charge is 0.231 e. The lowest BCUT2D eigenvalue weighted by molar-refractivity contribution is 0.147. The summed E-state index contributed by atoms with van der Waals surface area (Å²) in [4.78, 5) is 2.17. The summed E-state index contributed by atoms with van der Waals surface area (Å²) in [6, 6.07) is 12.4. The molecule has 2 unspecified atom stereocenters. The van der Waals surface area contributed by atoms with E-state index in [2.05, 4.69) is 44.1 Å². The van der Waals surface area contributed by atoms with Gasteiger partial charge in [-0.1, -0.05) is 37.3 Å². The van der Waals surface area contributed by atoms with Crippen molar-refractivity contribution in [2.24, 2.45) is 0 Å². The number of hydrogen-bond donors (Lipinski definition) is 1. The maximum Gasteiger partial charge on any atom is 0.231 e. The predicted molar refractivity (Wildman–Crippen MR) is 115 cm³/mol. The van der Waals surface area contributed by atoms with Gasteiger partial charge in [0.15, 0.2) is 11.5 Å². The Morgan fingerprint density at radius 1 is 1.14 bits per heavy atom. The molecule has 1 aliphatic rings. The van der Waals surface area contributed by atoms with E-state index in [0.29, 0.717) is 12.2 Å². The van der Waals surface area contributed by atoms with Crippen molar-refractivity contribution in [2.75, 3.05) is 34.5 Å². The molecule has 2 aromatic carbocycles. The lowest BCUT2D eigenvalue weighted by atomic mass is 9.87. The van der Waals surface area contributed by atoms with Gasteiger partial charge >= 0.3 is 0 Å². The quantitative estimate of drug-likeness (QED) is 0.654. The number of ether oxygens (including phenoxy) is 3. The second kappa shape index (κ2) is 9.99. The van der Waals surface area contributed by atoms with Gasteiger partial charge in [-0.05, 0) is 62.9 Å². The highest BCUT2D eigenvalue weighted by Gasteiger charge is 2.28. The highest BCUT2D eigenvalue weighted by Crippen LogP contribution is 2.48. The molecule has 2 atom stereocenters. The van der Waals surface area contributed by atoms with Crippen molar-refractivity contribution < 1.29 is 19.3 Å². The SMILES string of the molecule is COc1c2c(cc(CCN(C)C)c1C(C)CC(O)CCc1ccccc1)OCO2. The first-order chi connectivity index (χ1) is 14.0. The zero-order valence-corrected chi connectivity index (χ0v) is 18.0. The summed E-state index contributed by atoms with van der Waals surface area (Å²) in [6.07, 6.45) is 2.81. The molecule has 1 N–H and O–H groups in total. The second-order valence-corrected chi connectivity index (χ2v) is 8.08. The van der Waals surface area contributed by atoms with E-state index in [1.54, 1.807) is 7.11 Å². The van der Waals surface area contributed by atoms with Gasteiger partial charge in [0.1, 0.15) is 0 Å². The van der Waals surface area contributed by atoms with Crippen LogP contribution in [0.15, 0.2) is 36.4 Å². The largest absolute Gasteiger partial charge is 0.492 e. The third kappa shape index (κ3) is 5.43. The van der Waals surface area contributed by atoms with Crippen LogP contribution in [0.25, 0.3) is 0 Å². The Morgan fingerprint density at radius 3 is 2.59 bits per heavy atom. The Bertz CT molecular complexity index is 791. The standard InChI is InChI=1S/C24H33NO4/c1-17(14-20(26)11-10-18-8-6-5-7-9-18)22-19(12-13-25(2)3)15-21-23(24(22)27-4)29-16-28-21/h5-9,15,17,20,26H,10-14,16H2,1-4H3. The molecule has 1 heterocycles. The molecule has 0 amide bonds. The second-order valence-electron chi connectivity index (χ2n) is 8.08. The Labute approximate surface area is 174 Å². The van der Waals surface area contributed by atoms with Gasteiger partial charge in [0.25, 0.3) is 0 Å². The molecule has 3 rings (SSSR count). The van der Waals surface area contributed by atoms with Crippen LogP contribution >= 0.6 is 0 Å². The Kier molecular flexibility index (Phi) is 7.40. The minimum absolute atomic E-state index is 0.141. The molecule has 0 fully saturated rings. The molecule has 0 spiro atoms. The van der Waals surface area contributed by atoms with Gasteiger partial charge in [-0.15, -0.1) is 0 Å². The fraction of sp³-hybridized carbons (Fsp3) is 0.500. The summed E-state index contributed by atoms with van der Waals surface area (Å²) in [6.45, 7) is 3.31. The van der Waals surface area contributed by atoms with Crippen LogP contribution < -0.4 is 14.2 Å². The minimum atomic E-state index is -0.373. The zero-order chi connectivity index (χ0) is 20.8. The number of aryl methyl sites for hydroxylation is 1. The van der Waals surface area contributed by atoms with Gasteiger partial charge in [-0.3, -0.25) is 0 Å². The first-order valence-electron chi connectivity index (χ1n) is 10.4. The van der Waals surface area contributed by atoms with Gasteiger partial charge in [0.2, 0.25) is 12.5 Å². The highest BCUT2D eigenvalue weighted by molar-refractivity contribution is 5.61. The molecule has 0 saturated carbocycles. The number of fused-ring (bicyclic) bond motifs is 1. The van der Waals surface area contributed by atoms with E-state index in [0.717, 1.165) is 42.9 Å². The molecule has 29 heavy (non-hydrogen) atoms. The third-order valence-corrected chi connectivity index (χ3v) is 5.50. The molecule has 0 bridgehead atoms. The number of likely N-dealkylation sites (N-methyl/N-ethyl adjacent to an activating group) is 1.